The molecule has 5 aliphatic rings. The highest BCUT2D eigenvalue weighted by Crippen LogP contribution is 2.76. The van der Waals surface area contributed by atoms with E-state index in [-0.39, 0.29) is 23.0 Å². The van der Waals surface area contributed by atoms with Crippen molar-refractivity contribution >= 4 is 0 Å². The highest BCUT2D eigenvalue weighted by atomic mass is 16.3. The molecule has 0 aromatic heterocycles. The highest BCUT2D eigenvalue weighted by Gasteiger charge is 2.70. The summed E-state index contributed by atoms with van der Waals surface area (Å²) in [6, 6.07) is 0. The number of hydrogen-bond donors (Lipinski definition) is 2. The van der Waals surface area contributed by atoms with Gasteiger partial charge in [0.05, 0.1) is 12.2 Å². The van der Waals surface area contributed by atoms with Gasteiger partial charge in [-0.25, -0.2) is 0 Å². The molecule has 0 aromatic rings. The number of hydrogen-bond acceptors (Lipinski definition) is 2. The van der Waals surface area contributed by atoms with Crippen LogP contribution in [-0.2, 0) is 0 Å². The van der Waals surface area contributed by atoms with E-state index in [1.807, 2.05) is 0 Å². The third-order valence-corrected chi connectivity index (χ3v) is 13.6. The minimum atomic E-state index is -0.312. The maximum Gasteiger partial charge on any atom is 0.0755 e. The molecule has 0 heterocycles. The van der Waals surface area contributed by atoms with Crippen molar-refractivity contribution in [3.8, 4) is 0 Å². The van der Waals surface area contributed by atoms with Crippen molar-refractivity contribution in [3.63, 3.8) is 0 Å². The lowest BCUT2D eigenvalue weighted by Crippen LogP contribution is -2.67. The van der Waals surface area contributed by atoms with Crippen LogP contribution in [0.15, 0.2) is 12.2 Å². The Morgan fingerprint density at radius 1 is 0.781 bits per heavy atom. The van der Waals surface area contributed by atoms with Crippen LogP contribution in [0.5, 0.6) is 0 Å². The van der Waals surface area contributed by atoms with Gasteiger partial charge >= 0.3 is 0 Å². The van der Waals surface area contributed by atoms with E-state index < -0.39 is 0 Å². The first kappa shape index (κ1) is 23.4. The van der Waals surface area contributed by atoms with Crippen molar-refractivity contribution < 1.29 is 10.2 Å². The highest BCUT2D eigenvalue weighted by molar-refractivity contribution is 5.23. The SMILES string of the molecule is C=C1[C@H](O)C[C@]2(C)CC[C@]3(C)[C@H](CC[C@@H]4[C@@]5(C)CC[C@H](O)C(C)(C)[C@@H]5CC[C@]43C)[C@H]2[C@H]1C. The molecule has 2 nitrogen and oxygen atoms in total. The van der Waals surface area contributed by atoms with Gasteiger partial charge in [0.1, 0.15) is 0 Å². The van der Waals surface area contributed by atoms with Gasteiger partial charge in [-0.2, -0.15) is 0 Å². The number of aliphatic hydroxyl groups is 2. The maximum absolute atomic E-state index is 10.9. The van der Waals surface area contributed by atoms with Crippen LogP contribution in [0.25, 0.3) is 0 Å². The van der Waals surface area contributed by atoms with Crippen molar-refractivity contribution in [1.82, 2.24) is 0 Å². The fourth-order valence-corrected chi connectivity index (χ4v) is 11.5. The lowest BCUT2D eigenvalue weighted by molar-refractivity contribution is -0.253. The average Bonchev–Trinajstić information content (AvgIpc) is 2.70. The van der Waals surface area contributed by atoms with E-state index in [1.54, 1.807) is 0 Å². The summed E-state index contributed by atoms with van der Waals surface area (Å²) in [7, 11) is 0. The lowest BCUT2D eigenvalue weighted by Gasteiger charge is -2.74. The molecule has 32 heavy (non-hydrogen) atoms. The van der Waals surface area contributed by atoms with Crippen molar-refractivity contribution in [1.29, 1.82) is 0 Å². The molecular formula is C30H50O2. The predicted molar refractivity (Wildman–Crippen MR) is 132 cm³/mol. The van der Waals surface area contributed by atoms with E-state index in [2.05, 4.69) is 55.0 Å². The van der Waals surface area contributed by atoms with Gasteiger partial charge in [-0.15, -0.1) is 0 Å². The minimum absolute atomic E-state index is 0.0307. The first-order valence-corrected chi connectivity index (χ1v) is 13.8. The molecule has 0 unspecified atom stereocenters. The first-order chi connectivity index (χ1) is 14.7. The Morgan fingerprint density at radius 2 is 1.47 bits per heavy atom. The summed E-state index contributed by atoms with van der Waals surface area (Å²) in [5.41, 5.74) is 2.47. The van der Waals surface area contributed by atoms with Gasteiger partial charge < -0.3 is 10.2 Å². The third kappa shape index (κ3) is 2.66. The molecule has 0 radical (unpaired) electrons. The van der Waals surface area contributed by atoms with Crippen LogP contribution in [0.1, 0.15) is 106 Å². The van der Waals surface area contributed by atoms with E-state index in [0.29, 0.717) is 34.0 Å². The Bertz CT molecular complexity index is 801. The lowest BCUT2D eigenvalue weighted by atomic mass is 9.31. The van der Waals surface area contributed by atoms with Gasteiger partial charge in [0.25, 0.3) is 0 Å². The molecule has 182 valence electrons. The summed E-state index contributed by atoms with van der Waals surface area (Å²) in [5.74, 6) is 3.21. The van der Waals surface area contributed by atoms with Crippen LogP contribution in [0, 0.1) is 56.7 Å². The maximum atomic E-state index is 10.9. The summed E-state index contributed by atoms with van der Waals surface area (Å²) in [6.07, 6.45) is 10.5. The number of rotatable bonds is 0. The zero-order valence-electron chi connectivity index (χ0n) is 22.0. The smallest absolute Gasteiger partial charge is 0.0755 e. The minimum Gasteiger partial charge on any atom is -0.393 e. The Morgan fingerprint density at radius 3 is 2.16 bits per heavy atom. The molecule has 0 saturated heterocycles. The van der Waals surface area contributed by atoms with E-state index in [1.165, 1.54) is 44.9 Å². The Balaban J connectivity index is 1.54. The van der Waals surface area contributed by atoms with Gasteiger partial charge in [-0.05, 0) is 120 Å². The van der Waals surface area contributed by atoms with Crippen LogP contribution in [-0.4, -0.2) is 22.4 Å². The average molecular weight is 443 g/mol. The summed E-state index contributed by atoms with van der Waals surface area (Å²) >= 11 is 0. The van der Waals surface area contributed by atoms with Crippen molar-refractivity contribution in [3.05, 3.63) is 12.2 Å². The van der Waals surface area contributed by atoms with Crippen molar-refractivity contribution in [2.75, 3.05) is 0 Å². The van der Waals surface area contributed by atoms with Gasteiger partial charge in [0, 0.05) is 0 Å². The van der Waals surface area contributed by atoms with Crippen LogP contribution in [0.4, 0.5) is 0 Å². The third-order valence-electron chi connectivity index (χ3n) is 13.6. The zero-order chi connectivity index (χ0) is 23.5. The largest absolute Gasteiger partial charge is 0.393 e. The second kappa shape index (κ2) is 6.87. The monoisotopic (exact) mass is 442 g/mol. The second-order valence-electron chi connectivity index (χ2n) is 14.8. The van der Waals surface area contributed by atoms with Gasteiger partial charge in [0.2, 0.25) is 0 Å². The van der Waals surface area contributed by atoms with Crippen LogP contribution < -0.4 is 0 Å². The predicted octanol–water partition coefficient (Wildman–Crippen LogP) is 7.00. The van der Waals surface area contributed by atoms with Gasteiger partial charge in [-0.3, -0.25) is 0 Å². The molecule has 5 rings (SSSR count). The fourth-order valence-electron chi connectivity index (χ4n) is 11.5. The van der Waals surface area contributed by atoms with E-state index >= 15 is 0 Å². The van der Waals surface area contributed by atoms with Crippen LogP contribution in [0.2, 0.25) is 0 Å². The van der Waals surface area contributed by atoms with Crippen LogP contribution in [0.3, 0.4) is 0 Å². The molecule has 0 spiro atoms. The Kier molecular flexibility index (Phi) is 5.02. The standard InChI is InChI=1S/C30H50O2/c1-18-19(2)25-20-9-10-23-28(6)13-12-24(32)26(3,4)22(28)11-14-30(23,8)29(20,7)16-15-27(25,5)17-21(18)31/h19-25,31-32H,1,9-17H2,2-8H3/t19-,20+,21+,22-,23+,24-,25+,27-,28-,29+,30+/m0/s1. The first-order valence-electron chi connectivity index (χ1n) is 13.8. The summed E-state index contributed by atoms with van der Waals surface area (Å²) in [6.45, 7) is 21.9. The number of aliphatic hydroxyl groups excluding tert-OH is 2. The molecule has 2 N–H and O–H groups in total. The quantitative estimate of drug-likeness (QED) is 0.397. The van der Waals surface area contributed by atoms with Crippen molar-refractivity contribution in [2.24, 2.45) is 56.7 Å². The van der Waals surface area contributed by atoms with Crippen LogP contribution >= 0.6 is 0 Å². The van der Waals surface area contributed by atoms with Gasteiger partial charge in [-0.1, -0.05) is 55.0 Å². The summed E-state index contributed by atoms with van der Waals surface area (Å²) < 4.78 is 0. The molecule has 2 heteroatoms. The van der Waals surface area contributed by atoms with Crippen molar-refractivity contribution in [2.45, 2.75) is 118 Å². The normalized spacial score (nSPS) is 59.4. The number of fused-ring (bicyclic) bond motifs is 7. The summed E-state index contributed by atoms with van der Waals surface area (Å²) in [5, 5.41) is 21.7. The second-order valence-corrected chi connectivity index (χ2v) is 14.8. The molecule has 5 aliphatic carbocycles. The molecule has 0 aromatic carbocycles. The molecule has 5 fully saturated rings. The fraction of sp³-hybridized carbons (Fsp3) is 0.933. The molecule has 5 saturated carbocycles. The Labute approximate surface area is 197 Å². The molecular weight excluding hydrogens is 392 g/mol. The zero-order valence-corrected chi connectivity index (χ0v) is 22.0. The molecule has 0 amide bonds. The molecule has 0 aliphatic heterocycles. The molecule has 11 atom stereocenters. The topological polar surface area (TPSA) is 40.5 Å². The van der Waals surface area contributed by atoms with Gasteiger partial charge in [0.15, 0.2) is 0 Å². The van der Waals surface area contributed by atoms with E-state index in [0.717, 1.165) is 30.3 Å². The molecule has 0 bridgehead atoms. The summed E-state index contributed by atoms with van der Waals surface area (Å²) in [4.78, 5) is 0. The Hall–Kier alpha value is -0.340. The van der Waals surface area contributed by atoms with E-state index in [4.69, 9.17) is 0 Å². The van der Waals surface area contributed by atoms with E-state index in [9.17, 15) is 10.2 Å².